The van der Waals surface area contributed by atoms with Crippen molar-refractivity contribution in [1.29, 1.82) is 0 Å². The lowest BCUT2D eigenvalue weighted by Crippen LogP contribution is -2.47. The molecule has 0 radical (unpaired) electrons. The summed E-state index contributed by atoms with van der Waals surface area (Å²) in [6.07, 6.45) is 6.45. The molecule has 0 aromatic heterocycles. The van der Waals surface area contributed by atoms with Gasteiger partial charge in [-0.2, -0.15) is 0 Å². The molecular weight excluding hydrogens is 244 g/mol. The van der Waals surface area contributed by atoms with Crippen molar-refractivity contribution >= 4 is 11.7 Å². The minimum absolute atomic E-state index is 0.0861. The van der Waals surface area contributed by atoms with Crippen LogP contribution in [0.2, 0.25) is 0 Å². The summed E-state index contributed by atoms with van der Waals surface area (Å²) in [6, 6.07) is 0.199. The van der Waals surface area contributed by atoms with Crippen LogP contribution in [0.15, 0.2) is 29.2 Å². The number of carbonyl (C=O) groups is 1. The minimum atomic E-state index is -0.0861. The van der Waals surface area contributed by atoms with Crippen LogP contribution < -0.4 is 5.32 Å². The number of hydrogen-bond donors (Lipinski definition) is 1. The Labute approximate surface area is 111 Å². The van der Waals surface area contributed by atoms with E-state index >= 15 is 0 Å². The monoisotopic (exact) mass is 260 g/mol. The average Bonchev–Trinajstić information content (AvgIpc) is 3.13. The zero-order valence-corrected chi connectivity index (χ0v) is 10.6. The Kier molecular flexibility index (Phi) is 2.38. The fraction of sp³-hybridized carbons (Fsp3) is 0.538. The standard InChI is InChI=1S/C13H16N4O2/c18-13(15-11-6-16-3-1-9(11)5-16)17-4-2-10-12(7-17)19-8-14-10/h2,4,7,9,11H,1,3,5-6,8H2,(H,15,18)/t9-,11-/m1/s1. The molecular formula is C13H16N4O2. The molecule has 0 aromatic carbocycles. The molecule has 0 saturated carbocycles. The molecule has 1 N–H and O–H groups in total. The SMILES string of the molecule is O=C(N[C@@H]1CN2CC[C@@H]1C2)N1C=CC2=NCOC2=C1. The van der Waals surface area contributed by atoms with E-state index < -0.39 is 0 Å². The largest absolute Gasteiger partial charge is 0.468 e. The third-order valence-electron chi connectivity index (χ3n) is 4.23. The molecule has 2 amide bonds. The van der Waals surface area contributed by atoms with E-state index in [2.05, 4.69) is 15.2 Å². The summed E-state index contributed by atoms with van der Waals surface area (Å²) in [7, 11) is 0. The highest BCUT2D eigenvalue weighted by molar-refractivity contribution is 6.09. The number of hydrogen-bond acceptors (Lipinski definition) is 4. The molecule has 2 saturated heterocycles. The van der Waals surface area contributed by atoms with Gasteiger partial charge in [0.15, 0.2) is 12.5 Å². The van der Waals surface area contributed by atoms with E-state index in [0.29, 0.717) is 18.4 Å². The number of rotatable bonds is 1. The van der Waals surface area contributed by atoms with Gasteiger partial charge in [0.2, 0.25) is 0 Å². The highest BCUT2D eigenvalue weighted by Crippen LogP contribution is 2.28. The van der Waals surface area contributed by atoms with Gasteiger partial charge in [-0.25, -0.2) is 9.79 Å². The first-order valence-corrected chi connectivity index (χ1v) is 6.68. The van der Waals surface area contributed by atoms with E-state index in [1.165, 1.54) is 13.0 Å². The molecule has 19 heavy (non-hydrogen) atoms. The van der Waals surface area contributed by atoms with Crippen LogP contribution in [-0.2, 0) is 4.74 Å². The summed E-state index contributed by atoms with van der Waals surface area (Å²) in [4.78, 5) is 20.3. The number of nitrogens with zero attached hydrogens (tertiary/aromatic N) is 3. The van der Waals surface area contributed by atoms with Crippen LogP contribution in [0.4, 0.5) is 4.79 Å². The van der Waals surface area contributed by atoms with Gasteiger partial charge in [0.05, 0.1) is 6.20 Å². The molecule has 6 nitrogen and oxygen atoms in total. The van der Waals surface area contributed by atoms with E-state index in [0.717, 1.165) is 18.8 Å². The molecule has 100 valence electrons. The van der Waals surface area contributed by atoms with Crippen LogP contribution in [-0.4, -0.2) is 53.9 Å². The summed E-state index contributed by atoms with van der Waals surface area (Å²) in [5.41, 5.74) is 0.815. The van der Waals surface area contributed by atoms with Crippen molar-refractivity contribution in [3.05, 3.63) is 24.2 Å². The lowest BCUT2D eigenvalue weighted by molar-refractivity contribution is 0.211. The molecule has 3 atom stereocenters. The highest BCUT2D eigenvalue weighted by Gasteiger charge is 2.39. The number of nitrogens with one attached hydrogen (secondary N) is 1. The van der Waals surface area contributed by atoms with E-state index in [1.807, 2.05) is 6.08 Å². The summed E-state index contributed by atoms with van der Waals surface area (Å²) < 4.78 is 5.33. The van der Waals surface area contributed by atoms with Gasteiger partial charge in [-0.3, -0.25) is 4.90 Å². The fourth-order valence-electron chi connectivity index (χ4n) is 3.19. The number of fused-ring (bicyclic) bond motifs is 3. The number of allylic oxidation sites excluding steroid dienone is 1. The fourth-order valence-corrected chi connectivity index (χ4v) is 3.19. The molecule has 0 aliphatic carbocycles. The summed E-state index contributed by atoms with van der Waals surface area (Å²) in [6.45, 7) is 3.63. The third kappa shape index (κ3) is 1.83. The van der Waals surface area contributed by atoms with Crippen molar-refractivity contribution in [1.82, 2.24) is 15.1 Å². The second-order valence-electron chi connectivity index (χ2n) is 5.40. The molecule has 1 unspecified atom stereocenters. The third-order valence-corrected chi connectivity index (χ3v) is 4.23. The first-order valence-electron chi connectivity index (χ1n) is 6.68. The molecule has 0 aromatic rings. The lowest BCUT2D eigenvalue weighted by Gasteiger charge is -2.26. The second-order valence-corrected chi connectivity index (χ2v) is 5.40. The topological polar surface area (TPSA) is 57.2 Å². The number of urea groups is 1. The Morgan fingerprint density at radius 3 is 3.21 bits per heavy atom. The predicted molar refractivity (Wildman–Crippen MR) is 69.3 cm³/mol. The van der Waals surface area contributed by atoms with Gasteiger partial charge in [0.1, 0.15) is 5.71 Å². The number of carbonyl (C=O) groups excluding carboxylic acids is 1. The van der Waals surface area contributed by atoms with Gasteiger partial charge in [0.25, 0.3) is 0 Å². The maximum absolute atomic E-state index is 12.2. The number of amides is 2. The van der Waals surface area contributed by atoms with Crippen LogP contribution >= 0.6 is 0 Å². The van der Waals surface area contributed by atoms with Gasteiger partial charge < -0.3 is 15.0 Å². The van der Waals surface area contributed by atoms with E-state index in [9.17, 15) is 4.79 Å². The highest BCUT2D eigenvalue weighted by atomic mass is 16.5. The second kappa shape index (κ2) is 4.09. The first kappa shape index (κ1) is 11.0. The van der Waals surface area contributed by atoms with Crippen LogP contribution in [0.3, 0.4) is 0 Å². The Balaban J connectivity index is 1.43. The van der Waals surface area contributed by atoms with Crippen LogP contribution in [0, 0.1) is 5.92 Å². The van der Waals surface area contributed by atoms with Gasteiger partial charge >= 0.3 is 6.03 Å². The van der Waals surface area contributed by atoms with E-state index in [-0.39, 0.29) is 12.1 Å². The maximum Gasteiger partial charge on any atom is 0.325 e. The summed E-state index contributed by atoms with van der Waals surface area (Å²) in [5.74, 6) is 1.29. The normalized spacial score (nSPS) is 34.7. The summed E-state index contributed by atoms with van der Waals surface area (Å²) >= 11 is 0. The average molecular weight is 260 g/mol. The van der Waals surface area contributed by atoms with Gasteiger partial charge in [-0.1, -0.05) is 0 Å². The van der Waals surface area contributed by atoms with E-state index in [4.69, 9.17) is 4.74 Å². The lowest BCUT2D eigenvalue weighted by atomic mass is 10.0. The molecule has 4 heterocycles. The van der Waals surface area contributed by atoms with Crippen LogP contribution in [0.5, 0.6) is 0 Å². The van der Waals surface area contributed by atoms with Crippen molar-refractivity contribution in [2.45, 2.75) is 12.5 Å². The number of piperidine rings is 1. The smallest absolute Gasteiger partial charge is 0.325 e. The Morgan fingerprint density at radius 1 is 1.47 bits per heavy atom. The molecule has 4 rings (SSSR count). The predicted octanol–water partition coefficient (Wildman–Crippen LogP) is 0.499. The van der Waals surface area contributed by atoms with Gasteiger partial charge in [-0.15, -0.1) is 0 Å². The molecule has 4 aliphatic rings. The maximum atomic E-state index is 12.2. The zero-order chi connectivity index (χ0) is 12.8. The van der Waals surface area contributed by atoms with Gasteiger partial charge in [-0.05, 0) is 25.0 Å². The van der Waals surface area contributed by atoms with Crippen LogP contribution in [0.25, 0.3) is 0 Å². The Morgan fingerprint density at radius 2 is 2.42 bits per heavy atom. The first-order chi connectivity index (χ1) is 9.29. The van der Waals surface area contributed by atoms with Crippen molar-refractivity contribution in [2.24, 2.45) is 10.9 Å². The minimum Gasteiger partial charge on any atom is -0.468 e. The number of aliphatic imine (C=N–C) groups is 1. The zero-order valence-electron chi connectivity index (χ0n) is 10.6. The van der Waals surface area contributed by atoms with Crippen molar-refractivity contribution in [3.63, 3.8) is 0 Å². The molecule has 2 fully saturated rings. The van der Waals surface area contributed by atoms with Crippen LogP contribution in [0.1, 0.15) is 6.42 Å². The quantitative estimate of drug-likeness (QED) is 0.747. The Hall–Kier alpha value is -1.82. The number of ether oxygens (including phenoxy) is 1. The molecule has 2 bridgehead atoms. The van der Waals surface area contributed by atoms with Crippen molar-refractivity contribution < 1.29 is 9.53 Å². The molecule has 6 heteroatoms. The molecule has 0 spiro atoms. The van der Waals surface area contributed by atoms with Gasteiger partial charge in [0, 0.05) is 25.3 Å². The van der Waals surface area contributed by atoms with Crippen molar-refractivity contribution in [2.75, 3.05) is 26.4 Å². The van der Waals surface area contributed by atoms with Crippen molar-refractivity contribution in [3.8, 4) is 0 Å². The van der Waals surface area contributed by atoms with E-state index in [1.54, 1.807) is 17.3 Å². The Bertz CT molecular complexity index is 511. The summed E-state index contributed by atoms with van der Waals surface area (Å²) in [5, 5.41) is 3.11. The molecule has 4 aliphatic heterocycles.